The van der Waals surface area contributed by atoms with Crippen LogP contribution in [0.25, 0.3) is 0 Å². The highest BCUT2D eigenvalue weighted by Crippen LogP contribution is 2.08. The third-order valence-electron chi connectivity index (χ3n) is 2.81. The summed E-state index contributed by atoms with van der Waals surface area (Å²) in [5.41, 5.74) is 0.470. The van der Waals surface area contributed by atoms with Crippen molar-refractivity contribution in [3.63, 3.8) is 0 Å². The zero-order valence-corrected chi connectivity index (χ0v) is 14.3. The van der Waals surface area contributed by atoms with Crippen molar-refractivity contribution >= 4 is 34.5 Å². The van der Waals surface area contributed by atoms with Crippen molar-refractivity contribution in [2.24, 2.45) is 0 Å². The van der Waals surface area contributed by atoms with Crippen LogP contribution in [0, 0.1) is 3.57 Å². The molecule has 0 amide bonds. The van der Waals surface area contributed by atoms with Crippen molar-refractivity contribution in [2.45, 2.75) is 25.9 Å². The maximum Gasteiger partial charge on any atom is 0.338 e. The lowest BCUT2D eigenvalue weighted by molar-refractivity contribution is -0.145. The third-order valence-corrected chi connectivity index (χ3v) is 3.53. The number of esters is 2. The SMILES string of the molecule is CO[C@@H](C)CCOC(=O)CCOC(=O)c1ccc(I)cc1. The van der Waals surface area contributed by atoms with Gasteiger partial charge in [0.05, 0.1) is 24.7 Å². The second kappa shape index (κ2) is 9.73. The number of carbonyl (C=O) groups is 2. The molecule has 0 bridgehead atoms. The molecule has 0 fully saturated rings. The van der Waals surface area contributed by atoms with E-state index in [4.69, 9.17) is 14.2 Å². The zero-order valence-electron chi connectivity index (χ0n) is 12.1. The Morgan fingerprint density at radius 1 is 1.14 bits per heavy atom. The largest absolute Gasteiger partial charge is 0.465 e. The van der Waals surface area contributed by atoms with Crippen LogP contribution in [0.3, 0.4) is 0 Å². The van der Waals surface area contributed by atoms with Gasteiger partial charge in [0.1, 0.15) is 6.61 Å². The maximum absolute atomic E-state index is 11.7. The van der Waals surface area contributed by atoms with E-state index in [0.29, 0.717) is 18.6 Å². The molecule has 6 heteroatoms. The van der Waals surface area contributed by atoms with Gasteiger partial charge in [-0.1, -0.05) is 0 Å². The number of ether oxygens (including phenoxy) is 3. The Morgan fingerprint density at radius 3 is 2.43 bits per heavy atom. The van der Waals surface area contributed by atoms with E-state index in [2.05, 4.69) is 22.6 Å². The Bertz CT molecular complexity index is 458. The Kier molecular flexibility index (Phi) is 8.29. The van der Waals surface area contributed by atoms with E-state index < -0.39 is 5.97 Å². The number of methoxy groups -OCH3 is 1. The van der Waals surface area contributed by atoms with Crippen LogP contribution < -0.4 is 0 Å². The summed E-state index contributed by atoms with van der Waals surface area (Å²) in [6, 6.07) is 7.02. The lowest BCUT2D eigenvalue weighted by Gasteiger charge is -2.09. The summed E-state index contributed by atoms with van der Waals surface area (Å²) >= 11 is 2.15. The van der Waals surface area contributed by atoms with Gasteiger partial charge in [-0.05, 0) is 53.8 Å². The monoisotopic (exact) mass is 406 g/mol. The number of carbonyl (C=O) groups excluding carboxylic acids is 2. The first-order valence-corrected chi connectivity index (χ1v) is 7.72. The van der Waals surface area contributed by atoms with Gasteiger partial charge in [0.25, 0.3) is 0 Å². The molecule has 0 radical (unpaired) electrons. The first kappa shape index (κ1) is 17.9. The number of benzene rings is 1. The lowest BCUT2D eigenvalue weighted by atomic mass is 10.2. The van der Waals surface area contributed by atoms with Gasteiger partial charge in [-0.2, -0.15) is 0 Å². The molecule has 116 valence electrons. The molecule has 0 heterocycles. The number of hydrogen-bond acceptors (Lipinski definition) is 5. The summed E-state index contributed by atoms with van der Waals surface area (Å²) in [6.45, 7) is 2.22. The molecule has 1 aromatic rings. The Balaban J connectivity index is 2.19. The molecule has 0 N–H and O–H groups in total. The molecule has 5 nitrogen and oxygen atoms in total. The maximum atomic E-state index is 11.7. The molecule has 0 aliphatic carbocycles. The summed E-state index contributed by atoms with van der Waals surface area (Å²) < 4.78 is 16.1. The fourth-order valence-corrected chi connectivity index (χ4v) is 1.78. The topological polar surface area (TPSA) is 61.8 Å². The average molecular weight is 406 g/mol. The van der Waals surface area contributed by atoms with Crippen LogP contribution in [-0.4, -0.2) is 38.4 Å². The molecule has 0 aliphatic heterocycles. The van der Waals surface area contributed by atoms with Crippen molar-refractivity contribution in [3.8, 4) is 0 Å². The second-order valence-electron chi connectivity index (χ2n) is 4.45. The normalized spacial score (nSPS) is 11.8. The van der Waals surface area contributed by atoms with Crippen molar-refractivity contribution in [1.82, 2.24) is 0 Å². The van der Waals surface area contributed by atoms with E-state index in [1.165, 1.54) is 0 Å². The van der Waals surface area contributed by atoms with Crippen LogP contribution >= 0.6 is 22.6 Å². The highest BCUT2D eigenvalue weighted by Gasteiger charge is 2.09. The van der Waals surface area contributed by atoms with Crippen LogP contribution in [0.15, 0.2) is 24.3 Å². The van der Waals surface area contributed by atoms with Gasteiger partial charge in [0.2, 0.25) is 0 Å². The van der Waals surface area contributed by atoms with Crippen LogP contribution in [-0.2, 0) is 19.0 Å². The Hall–Kier alpha value is -1.15. The van der Waals surface area contributed by atoms with Gasteiger partial charge >= 0.3 is 11.9 Å². The van der Waals surface area contributed by atoms with Crippen LogP contribution in [0.5, 0.6) is 0 Å². The fraction of sp³-hybridized carbons (Fsp3) is 0.467. The molecular formula is C15H19IO5. The van der Waals surface area contributed by atoms with Gasteiger partial charge in [-0.3, -0.25) is 4.79 Å². The molecule has 0 saturated carbocycles. The highest BCUT2D eigenvalue weighted by molar-refractivity contribution is 14.1. The molecule has 0 unspecified atom stereocenters. The van der Waals surface area contributed by atoms with E-state index in [1.807, 2.05) is 19.1 Å². The second-order valence-corrected chi connectivity index (χ2v) is 5.69. The third kappa shape index (κ3) is 7.42. The molecule has 21 heavy (non-hydrogen) atoms. The van der Waals surface area contributed by atoms with Crippen molar-refractivity contribution < 1.29 is 23.8 Å². The number of hydrogen-bond donors (Lipinski definition) is 0. The predicted octanol–water partition coefficient (Wildman–Crippen LogP) is 2.81. The minimum atomic E-state index is -0.438. The Labute approximate surface area is 138 Å². The quantitative estimate of drug-likeness (QED) is 0.491. The van der Waals surface area contributed by atoms with E-state index in [-0.39, 0.29) is 25.1 Å². The van der Waals surface area contributed by atoms with Crippen LogP contribution in [0.2, 0.25) is 0 Å². The first-order valence-electron chi connectivity index (χ1n) is 6.64. The van der Waals surface area contributed by atoms with Gasteiger partial charge in [-0.15, -0.1) is 0 Å². The van der Waals surface area contributed by atoms with Gasteiger partial charge in [-0.25, -0.2) is 4.79 Å². The van der Waals surface area contributed by atoms with Crippen molar-refractivity contribution in [3.05, 3.63) is 33.4 Å². The molecule has 0 spiro atoms. The smallest absolute Gasteiger partial charge is 0.338 e. The molecule has 1 aromatic carbocycles. The zero-order chi connectivity index (χ0) is 15.7. The Morgan fingerprint density at radius 2 is 1.81 bits per heavy atom. The molecular weight excluding hydrogens is 387 g/mol. The average Bonchev–Trinajstić information content (AvgIpc) is 2.47. The molecule has 0 saturated heterocycles. The molecule has 1 atom stereocenters. The summed E-state index contributed by atoms with van der Waals surface area (Å²) in [4.78, 5) is 23.1. The van der Waals surface area contributed by atoms with Gasteiger partial charge in [0, 0.05) is 17.1 Å². The molecule has 0 aromatic heterocycles. The standard InChI is InChI=1S/C15H19IO5/c1-11(19-2)7-9-20-14(17)8-10-21-15(18)12-3-5-13(16)6-4-12/h3-6,11H,7-10H2,1-2H3/t11-/m0/s1. The fourth-order valence-electron chi connectivity index (χ4n) is 1.43. The number of rotatable bonds is 8. The minimum absolute atomic E-state index is 0.0173. The first-order chi connectivity index (χ1) is 10.0. The summed E-state index contributed by atoms with van der Waals surface area (Å²) in [7, 11) is 1.61. The minimum Gasteiger partial charge on any atom is -0.465 e. The lowest BCUT2D eigenvalue weighted by Crippen LogP contribution is -2.15. The highest BCUT2D eigenvalue weighted by atomic mass is 127. The van der Waals surface area contributed by atoms with E-state index in [9.17, 15) is 9.59 Å². The molecule has 1 rings (SSSR count). The van der Waals surface area contributed by atoms with E-state index in [1.54, 1.807) is 19.2 Å². The van der Waals surface area contributed by atoms with Crippen molar-refractivity contribution in [2.75, 3.05) is 20.3 Å². The van der Waals surface area contributed by atoms with Gasteiger partial charge < -0.3 is 14.2 Å². The molecule has 0 aliphatic rings. The summed E-state index contributed by atoms with van der Waals surface area (Å²) in [5.74, 6) is -0.819. The van der Waals surface area contributed by atoms with Crippen LogP contribution in [0.4, 0.5) is 0 Å². The van der Waals surface area contributed by atoms with Crippen molar-refractivity contribution in [1.29, 1.82) is 0 Å². The van der Waals surface area contributed by atoms with E-state index >= 15 is 0 Å². The van der Waals surface area contributed by atoms with Gasteiger partial charge in [0.15, 0.2) is 0 Å². The summed E-state index contributed by atoms with van der Waals surface area (Å²) in [6.07, 6.45) is 0.749. The van der Waals surface area contributed by atoms with Crippen LogP contribution in [0.1, 0.15) is 30.1 Å². The summed E-state index contributed by atoms with van der Waals surface area (Å²) in [5, 5.41) is 0. The predicted molar refractivity (Wildman–Crippen MR) is 86.1 cm³/mol. The number of halogens is 1. The van der Waals surface area contributed by atoms with E-state index in [0.717, 1.165) is 3.57 Å².